The predicted octanol–water partition coefficient (Wildman–Crippen LogP) is 3.77. The molecule has 0 saturated carbocycles. The first-order valence-electron chi connectivity index (χ1n) is 6.11. The summed E-state index contributed by atoms with van der Waals surface area (Å²) in [6, 6.07) is 3.04. The lowest BCUT2D eigenvalue weighted by atomic mass is 10.1. The molecule has 0 radical (unpaired) electrons. The van der Waals surface area contributed by atoms with E-state index in [4.69, 9.17) is 5.11 Å². The van der Waals surface area contributed by atoms with E-state index in [-0.39, 0.29) is 17.4 Å². The first kappa shape index (κ1) is 14.5. The molecule has 2 aromatic rings. The fraction of sp³-hybridized carbons (Fsp3) is 0.286. The van der Waals surface area contributed by atoms with Crippen molar-refractivity contribution < 1.29 is 14.3 Å². The maximum atomic E-state index is 14.0. The molecular formula is C14H15FN2O2S. The van der Waals surface area contributed by atoms with Gasteiger partial charge in [0.2, 0.25) is 0 Å². The van der Waals surface area contributed by atoms with E-state index in [1.54, 1.807) is 11.3 Å². The van der Waals surface area contributed by atoms with E-state index in [1.807, 2.05) is 26.8 Å². The molecule has 6 heteroatoms. The third-order valence-corrected chi connectivity index (χ3v) is 4.00. The van der Waals surface area contributed by atoms with Crippen molar-refractivity contribution in [2.24, 2.45) is 0 Å². The topological polar surface area (TPSA) is 62.2 Å². The van der Waals surface area contributed by atoms with Crippen molar-refractivity contribution in [3.05, 3.63) is 45.0 Å². The SMILES string of the molecule is Cc1cc(C(C)Nc2nccc(C(=O)O)c2F)c(C)s1. The molecule has 0 aliphatic heterocycles. The van der Waals surface area contributed by atoms with Crippen LogP contribution in [-0.4, -0.2) is 16.1 Å². The molecule has 4 nitrogen and oxygen atoms in total. The summed E-state index contributed by atoms with van der Waals surface area (Å²) >= 11 is 1.67. The fourth-order valence-electron chi connectivity index (χ4n) is 2.07. The minimum atomic E-state index is -1.30. The van der Waals surface area contributed by atoms with Crippen LogP contribution in [-0.2, 0) is 0 Å². The molecule has 2 rings (SSSR count). The second kappa shape index (κ2) is 5.58. The number of nitrogens with zero attached hydrogens (tertiary/aromatic N) is 1. The van der Waals surface area contributed by atoms with E-state index < -0.39 is 11.8 Å². The van der Waals surface area contributed by atoms with Gasteiger partial charge in [-0.2, -0.15) is 0 Å². The van der Waals surface area contributed by atoms with Crippen LogP contribution in [0.25, 0.3) is 0 Å². The summed E-state index contributed by atoms with van der Waals surface area (Å²) in [6.45, 7) is 5.91. The Morgan fingerprint density at radius 3 is 2.75 bits per heavy atom. The highest BCUT2D eigenvalue weighted by Crippen LogP contribution is 2.29. The number of halogens is 1. The number of hydrogen-bond donors (Lipinski definition) is 2. The van der Waals surface area contributed by atoms with Gasteiger partial charge < -0.3 is 10.4 Å². The van der Waals surface area contributed by atoms with Gasteiger partial charge in [0.1, 0.15) is 5.56 Å². The van der Waals surface area contributed by atoms with Gasteiger partial charge in [0.25, 0.3) is 0 Å². The van der Waals surface area contributed by atoms with Gasteiger partial charge in [-0.3, -0.25) is 0 Å². The minimum absolute atomic E-state index is 0.0411. The number of carboxylic acid groups (broad SMARTS) is 1. The van der Waals surface area contributed by atoms with Crippen LogP contribution in [0.15, 0.2) is 18.3 Å². The van der Waals surface area contributed by atoms with Gasteiger partial charge in [0, 0.05) is 16.0 Å². The zero-order valence-corrected chi connectivity index (χ0v) is 12.2. The number of carbonyl (C=O) groups is 1. The van der Waals surface area contributed by atoms with Crippen molar-refractivity contribution in [1.29, 1.82) is 0 Å². The van der Waals surface area contributed by atoms with Crippen molar-refractivity contribution in [3.8, 4) is 0 Å². The number of thiophene rings is 1. The number of anilines is 1. The Balaban J connectivity index is 2.28. The number of aromatic carboxylic acids is 1. The summed E-state index contributed by atoms with van der Waals surface area (Å²) in [5.41, 5.74) is 0.683. The maximum absolute atomic E-state index is 14.0. The third kappa shape index (κ3) is 2.80. The Kier molecular flexibility index (Phi) is 4.04. The Morgan fingerprint density at radius 1 is 1.50 bits per heavy atom. The van der Waals surface area contributed by atoms with Gasteiger partial charge in [0.05, 0.1) is 6.04 Å². The van der Waals surface area contributed by atoms with E-state index >= 15 is 0 Å². The normalized spacial score (nSPS) is 12.2. The molecule has 1 atom stereocenters. The van der Waals surface area contributed by atoms with Crippen molar-refractivity contribution >= 4 is 23.1 Å². The molecule has 2 heterocycles. The number of pyridine rings is 1. The average Bonchev–Trinajstić information content (AvgIpc) is 2.70. The number of rotatable bonds is 4. The highest BCUT2D eigenvalue weighted by atomic mass is 32.1. The largest absolute Gasteiger partial charge is 0.478 e. The molecule has 0 aromatic carbocycles. The zero-order valence-electron chi connectivity index (χ0n) is 11.4. The molecule has 20 heavy (non-hydrogen) atoms. The first-order chi connectivity index (χ1) is 9.40. The molecule has 0 amide bonds. The molecule has 2 aromatic heterocycles. The molecular weight excluding hydrogens is 279 g/mol. The summed E-state index contributed by atoms with van der Waals surface area (Å²) in [5.74, 6) is -2.18. The van der Waals surface area contributed by atoms with E-state index in [0.29, 0.717) is 0 Å². The van der Waals surface area contributed by atoms with Gasteiger partial charge >= 0.3 is 5.97 Å². The van der Waals surface area contributed by atoms with Gasteiger partial charge in [-0.05, 0) is 38.5 Å². The minimum Gasteiger partial charge on any atom is -0.478 e. The molecule has 2 N–H and O–H groups in total. The summed E-state index contributed by atoms with van der Waals surface area (Å²) < 4.78 is 14.0. The number of hydrogen-bond acceptors (Lipinski definition) is 4. The monoisotopic (exact) mass is 294 g/mol. The predicted molar refractivity (Wildman–Crippen MR) is 77.0 cm³/mol. The maximum Gasteiger partial charge on any atom is 0.338 e. The van der Waals surface area contributed by atoms with E-state index in [9.17, 15) is 9.18 Å². The molecule has 106 valence electrons. The summed E-state index contributed by atoms with van der Waals surface area (Å²) in [4.78, 5) is 17.1. The van der Waals surface area contributed by atoms with E-state index in [0.717, 1.165) is 16.5 Å². The summed E-state index contributed by atoms with van der Waals surface area (Å²) in [6.07, 6.45) is 1.29. The Morgan fingerprint density at radius 2 is 2.20 bits per heavy atom. The quantitative estimate of drug-likeness (QED) is 0.901. The number of carboxylic acids is 1. The lowest BCUT2D eigenvalue weighted by Crippen LogP contribution is -2.12. The Hall–Kier alpha value is -1.95. The van der Waals surface area contributed by atoms with Crippen LogP contribution >= 0.6 is 11.3 Å². The smallest absolute Gasteiger partial charge is 0.338 e. The van der Waals surface area contributed by atoms with Gasteiger partial charge in [0.15, 0.2) is 11.6 Å². The van der Waals surface area contributed by atoms with E-state index in [1.165, 1.54) is 11.1 Å². The van der Waals surface area contributed by atoms with Crippen LogP contribution in [0.3, 0.4) is 0 Å². The zero-order chi connectivity index (χ0) is 14.9. The van der Waals surface area contributed by atoms with E-state index in [2.05, 4.69) is 10.3 Å². The molecule has 0 fully saturated rings. The van der Waals surface area contributed by atoms with Gasteiger partial charge in [-0.1, -0.05) is 0 Å². The standard InChI is InChI=1S/C14H15FN2O2S/c1-7-6-11(9(3)20-7)8(2)17-13-12(15)10(14(18)19)4-5-16-13/h4-6,8H,1-3H3,(H,16,17)(H,18,19). The van der Waals surface area contributed by atoms with Crippen LogP contribution in [0, 0.1) is 19.7 Å². The number of nitrogens with one attached hydrogen (secondary N) is 1. The van der Waals surface area contributed by atoms with Crippen molar-refractivity contribution in [1.82, 2.24) is 4.98 Å². The van der Waals surface area contributed by atoms with Gasteiger partial charge in [-0.25, -0.2) is 14.2 Å². The highest BCUT2D eigenvalue weighted by molar-refractivity contribution is 7.12. The molecule has 0 aliphatic carbocycles. The molecule has 0 bridgehead atoms. The number of aryl methyl sites for hydroxylation is 2. The van der Waals surface area contributed by atoms with Crippen LogP contribution < -0.4 is 5.32 Å². The van der Waals surface area contributed by atoms with Crippen LogP contribution in [0.4, 0.5) is 10.2 Å². The Labute approximate surface area is 120 Å². The first-order valence-corrected chi connectivity index (χ1v) is 6.93. The molecule has 0 spiro atoms. The molecule has 0 aliphatic rings. The van der Waals surface area contributed by atoms with Crippen LogP contribution in [0.5, 0.6) is 0 Å². The average molecular weight is 294 g/mol. The third-order valence-electron chi connectivity index (χ3n) is 3.02. The van der Waals surface area contributed by atoms with Crippen molar-refractivity contribution in [2.45, 2.75) is 26.8 Å². The second-order valence-corrected chi connectivity index (χ2v) is 6.02. The second-order valence-electron chi connectivity index (χ2n) is 4.56. The molecule has 0 saturated heterocycles. The lowest BCUT2D eigenvalue weighted by molar-refractivity contribution is 0.0692. The Bertz CT molecular complexity index is 655. The van der Waals surface area contributed by atoms with Crippen LogP contribution in [0.2, 0.25) is 0 Å². The van der Waals surface area contributed by atoms with Gasteiger partial charge in [-0.15, -0.1) is 11.3 Å². The lowest BCUT2D eigenvalue weighted by Gasteiger charge is -2.15. The number of aromatic nitrogens is 1. The van der Waals surface area contributed by atoms with Crippen molar-refractivity contribution in [2.75, 3.05) is 5.32 Å². The van der Waals surface area contributed by atoms with Crippen molar-refractivity contribution in [3.63, 3.8) is 0 Å². The van der Waals surface area contributed by atoms with Crippen LogP contribution in [0.1, 0.15) is 38.6 Å². The summed E-state index contributed by atoms with van der Waals surface area (Å²) in [7, 11) is 0. The highest BCUT2D eigenvalue weighted by Gasteiger charge is 2.18. The summed E-state index contributed by atoms with van der Waals surface area (Å²) in [5, 5.41) is 11.8. The fourth-order valence-corrected chi connectivity index (χ4v) is 3.10. The molecule has 1 unspecified atom stereocenters.